The van der Waals surface area contributed by atoms with Crippen LogP contribution in [0.25, 0.3) is 11.4 Å². The first-order valence-corrected chi connectivity index (χ1v) is 6.04. The fourth-order valence-electron chi connectivity index (χ4n) is 1.56. The Morgan fingerprint density at radius 1 is 1.41 bits per heavy atom. The van der Waals surface area contributed by atoms with E-state index >= 15 is 0 Å². The molecule has 17 heavy (non-hydrogen) atoms. The average molecular weight is 320 g/mol. The largest absolute Gasteiger partial charge is 0.300 e. The molecule has 0 atom stereocenters. The number of H-pyrrole nitrogens is 1. The Kier molecular flexibility index (Phi) is 3.39. The van der Waals surface area contributed by atoms with E-state index < -0.39 is 11.6 Å². The number of benzene rings is 1. The predicted octanol–water partition coefficient (Wildman–Crippen LogP) is 3.67. The summed E-state index contributed by atoms with van der Waals surface area (Å²) in [6.07, 6.45) is 0. The maximum atomic E-state index is 13.8. The number of hydrogen-bond donors (Lipinski definition) is 1. The molecular weight excluding hydrogens is 312 g/mol. The quantitative estimate of drug-likeness (QED) is 0.857. The van der Waals surface area contributed by atoms with Gasteiger partial charge in [-0.05, 0) is 31.3 Å². The van der Waals surface area contributed by atoms with Gasteiger partial charge >= 0.3 is 0 Å². The van der Waals surface area contributed by atoms with E-state index in [1.54, 1.807) is 0 Å². The fraction of sp³-hybridized carbons (Fsp3) is 0.200. The molecule has 0 saturated heterocycles. The van der Waals surface area contributed by atoms with Crippen molar-refractivity contribution in [1.82, 2.24) is 14.8 Å². The van der Waals surface area contributed by atoms with E-state index in [2.05, 4.69) is 26.1 Å². The zero-order chi connectivity index (χ0) is 12.6. The molecule has 1 N–H and O–H groups in total. The van der Waals surface area contributed by atoms with E-state index in [4.69, 9.17) is 12.2 Å². The summed E-state index contributed by atoms with van der Waals surface area (Å²) in [5.41, 5.74) is -0.178. The van der Waals surface area contributed by atoms with Gasteiger partial charge in [-0.25, -0.2) is 8.78 Å². The van der Waals surface area contributed by atoms with Crippen molar-refractivity contribution in [2.45, 2.75) is 13.5 Å². The fourth-order valence-corrected chi connectivity index (χ4v) is 2.22. The second kappa shape index (κ2) is 4.66. The minimum atomic E-state index is -0.680. The van der Waals surface area contributed by atoms with Crippen molar-refractivity contribution in [2.24, 2.45) is 0 Å². The van der Waals surface area contributed by atoms with Gasteiger partial charge in [0.1, 0.15) is 11.6 Å². The van der Waals surface area contributed by atoms with Gasteiger partial charge in [-0.1, -0.05) is 15.9 Å². The molecule has 90 valence electrons. The summed E-state index contributed by atoms with van der Waals surface area (Å²) >= 11 is 8.00. The lowest BCUT2D eigenvalue weighted by Crippen LogP contribution is -2.01. The monoisotopic (exact) mass is 319 g/mol. The Hall–Kier alpha value is -1.08. The van der Waals surface area contributed by atoms with Crippen LogP contribution in [-0.2, 0) is 6.54 Å². The van der Waals surface area contributed by atoms with Crippen LogP contribution in [0.1, 0.15) is 6.92 Å². The van der Waals surface area contributed by atoms with Crippen molar-refractivity contribution in [2.75, 3.05) is 0 Å². The summed E-state index contributed by atoms with van der Waals surface area (Å²) in [5.74, 6) is -1.19. The van der Waals surface area contributed by atoms with Crippen LogP contribution in [0, 0.1) is 16.4 Å². The zero-order valence-electron chi connectivity index (χ0n) is 8.80. The van der Waals surface area contributed by atoms with E-state index in [1.807, 2.05) is 6.92 Å². The number of halogens is 3. The van der Waals surface area contributed by atoms with Gasteiger partial charge in [-0.3, -0.25) is 5.10 Å². The molecule has 2 aromatic rings. The van der Waals surface area contributed by atoms with Crippen LogP contribution in [0.2, 0.25) is 0 Å². The molecule has 0 radical (unpaired) electrons. The molecule has 3 nitrogen and oxygen atoms in total. The normalized spacial score (nSPS) is 10.8. The Balaban J connectivity index is 2.72. The summed E-state index contributed by atoms with van der Waals surface area (Å²) < 4.78 is 29.7. The standard InChI is InChI=1S/C10H8BrF2N3S/c1-2-16-9(14-15-10(16)17)8-6(12)3-5(11)4-7(8)13/h3-4H,2H2,1H3,(H,15,17). The Bertz CT molecular complexity index is 597. The van der Waals surface area contributed by atoms with Gasteiger partial charge in [0, 0.05) is 11.0 Å². The van der Waals surface area contributed by atoms with Gasteiger partial charge in [0.05, 0.1) is 5.56 Å². The van der Waals surface area contributed by atoms with E-state index in [0.717, 1.165) is 0 Å². The number of aromatic nitrogens is 3. The summed E-state index contributed by atoms with van der Waals surface area (Å²) in [5, 5.41) is 6.39. The number of nitrogens with one attached hydrogen (secondary N) is 1. The number of rotatable bonds is 2. The minimum Gasteiger partial charge on any atom is -0.300 e. The van der Waals surface area contributed by atoms with Crippen LogP contribution in [0.5, 0.6) is 0 Å². The van der Waals surface area contributed by atoms with Crippen molar-refractivity contribution in [3.05, 3.63) is 33.0 Å². The van der Waals surface area contributed by atoms with E-state index in [0.29, 0.717) is 15.8 Å². The molecule has 0 spiro atoms. The molecule has 1 aromatic carbocycles. The lowest BCUT2D eigenvalue weighted by Gasteiger charge is -2.06. The molecule has 0 unspecified atom stereocenters. The van der Waals surface area contributed by atoms with E-state index in [1.165, 1.54) is 16.7 Å². The first kappa shape index (κ1) is 12.4. The van der Waals surface area contributed by atoms with Crippen LogP contribution < -0.4 is 0 Å². The first-order valence-electron chi connectivity index (χ1n) is 4.84. The Morgan fingerprint density at radius 3 is 2.53 bits per heavy atom. The molecule has 1 heterocycles. The second-order valence-electron chi connectivity index (χ2n) is 3.34. The van der Waals surface area contributed by atoms with Crippen LogP contribution in [-0.4, -0.2) is 14.8 Å². The van der Waals surface area contributed by atoms with Crippen molar-refractivity contribution in [1.29, 1.82) is 0 Å². The van der Waals surface area contributed by atoms with Gasteiger partial charge in [0.15, 0.2) is 10.6 Å². The van der Waals surface area contributed by atoms with E-state index in [9.17, 15) is 8.78 Å². The molecule has 1 aromatic heterocycles. The van der Waals surface area contributed by atoms with Crippen molar-refractivity contribution in [3.63, 3.8) is 0 Å². The van der Waals surface area contributed by atoms with Crippen LogP contribution in [0.15, 0.2) is 16.6 Å². The summed E-state index contributed by atoms with van der Waals surface area (Å²) in [4.78, 5) is 0. The molecule has 0 bridgehead atoms. The molecule has 0 aliphatic rings. The summed E-state index contributed by atoms with van der Waals surface area (Å²) in [6, 6.07) is 2.38. The highest BCUT2D eigenvalue weighted by Crippen LogP contribution is 2.27. The topological polar surface area (TPSA) is 33.6 Å². The summed E-state index contributed by atoms with van der Waals surface area (Å²) in [6.45, 7) is 2.31. The van der Waals surface area contributed by atoms with Gasteiger partial charge < -0.3 is 4.57 Å². The zero-order valence-corrected chi connectivity index (χ0v) is 11.2. The third-order valence-corrected chi connectivity index (χ3v) is 3.07. The lowest BCUT2D eigenvalue weighted by atomic mass is 10.2. The SMILES string of the molecule is CCn1c(-c2c(F)cc(Br)cc2F)n[nH]c1=S. The molecule has 0 aliphatic carbocycles. The van der Waals surface area contributed by atoms with Crippen molar-refractivity contribution in [3.8, 4) is 11.4 Å². The van der Waals surface area contributed by atoms with Crippen LogP contribution >= 0.6 is 28.1 Å². The van der Waals surface area contributed by atoms with Gasteiger partial charge in [0.2, 0.25) is 0 Å². The lowest BCUT2D eigenvalue weighted by molar-refractivity contribution is 0.582. The van der Waals surface area contributed by atoms with Crippen LogP contribution in [0.4, 0.5) is 8.78 Å². The number of hydrogen-bond acceptors (Lipinski definition) is 2. The van der Waals surface area contributed by atoms with Gasteiger partial charge in [-0.15, -0.1) is 0 Å². The number of nitrogens with zero attached hydrogens (tertiary/aromatic N) is 2. The molecule has 0 saturated carbocycles. The highest BCUT2D eigenvalue weighted by atomic mass is 79.9. The summed E-state index contributed by atoms with van der Waals surface area (Å²) in [7, 11) is 0. The van der Waals surface area contributed by atoms with Crippen LogP contribution in [0.3, 0.4) is 0 Å². The molecule has 2 rings (SSSR count). The third kappa shape index (κ3) is 2.16. The minimum absolute atomic E-state index is 0.167. The predicted molar refractivity (Wildman–Crippen MR) is 66.1 cm³/mol. The van der Waals surface area contributed by atoms with E-state index in [-0.39, 0.29) is 11.4 Å². The molecular formula is C10H8BrF2N3S. The number of aromatic amines is 1. The van der Waals surface area contributed by atoms with Crippen molar-refractivity contribution < 1.29 is 8.78 Å². The van der Waals surface area contributed by atoms with Crippen molar-refractivity contribution >= 4 is 28.1 Å². The highest BCUT2D eigenvalue weighted by Gasteiger charge is 2.18. The third-order valence-electron chi connectivity index (χ3n) is 2.30. The highest BCUT2D eigenvalue weighted by molar-refractivity contribution is 9.10. The second-order valence-corrected chi connectivity index (χ2v) is 4.64. The molecule has 0 aliphatic heterocycles. The Labute approximate surface area is 110 Å². The maximum Gasteiger partial charge on any atom is 0.195 e. The molecule has 7 heteroatoms. The maximum absolute atomic E-state index is 13.8. The van der Waals surface area contributed by atoms with Gasteiger partial charge in [0.25, 0.3) is 0 Å². The molecule has 0 amide bonds. The smallest absolute Gasteiger partial charge is 0.195 e. The average Bonchev–Trinajstić information content (AvgIpc) is 2.58. The van der Waals surface area contributed by atoms with Gasteiger partial charge in [-0.2, -0.15) is 5.10 Å². The molecule has 0 fully saturated rings. The Morgan fingerprint density at radius 2 is 2.00 bits per heavy atom. The first-order chi connectivity index (χ1) is 8.04.